The summed E-state index contributed by atoms with van der Waals surface area (Å²) in [5.41, 5.74) is 5.96. The highest BCUT2D eigenvalue weighted by Gasteiger charge is 2.20. The Morgan fingerprint density at radius 1 is 1.60 bits per heavy atom. The number of nitrogens with two attached hydrogens (primary N) is 1. The predicted molar refractivity (Wildman–Crippen MR) is 55.4 cm³/mol. The van der Waals surface area contributed by atoms with Gasteiger partial charge in [0.15, 0.2) is 0 Å². The van der Waals surface area contributed by atoms with Gasteiger partial charge in [0, 0.05) is 6.07 Å². The number of nitro groups is 1. The Hall–Kier alpha value is -1.49. The lowest BCUT2D eigenvalue weighted by Crippen LogP contribution is -2.06. The lowest BCUT2D eigenvalue weighted by Gasteiger charge is -2.08. The predicted octanol–water partition coefficient (Wildman–Crippen LogP) is 2.26. The van der Waals surface area contributed by atoms with Crippen molar-refractivity contribution in [1.82, 2.24) is 0 Å². The minimum atomic E-state index is -1.37. The molecule has 0 fully saturated rings. The monoisotopic (exact) mass is 212 g/mol. The van der Waals surface area contributed by atoms with Crippen molar-refractivity contribution in [2.75, 3.05) is 6.54 Å². The van der Waals surface area contributed by atoms with Gasteiger partial charge in [0.05, 0.1) is 10.5 Å². The van der Waals surface area contributed by atoms with Gasteiger partial charge in [-0.3, -0.25) is 10.1 Å². The van der Waals surface area contributed by atoms with Crippen LogP contribution in [0.15, 0.2) is 18.2 Å². The van der Waals surface area contributed by atoms with Gasteiger partial charge in [-0.15, -0.1) is 0 Å². The summed E-state index contributed by atoms with van der Waals surface area (Å²) in [4.78, 5) is 10.1. The third kappa shape index (κ3) is 2.73. The molecule has 5 heteroatoms. The average molecular weight is 212 g/mol. The lowest BCUT2D eigenvalue weighted by atomic mass is 10.0. The van der Waals surface area contributed by atoms with Crippen molar-refractivity contribution in [1.29, 1.82) is 0 Å². The van der Waals surface area contributed by atoms with Crippen LogP contribution in [0.2, 0.25) is 0 Å². The molecule has 2 N–H and O–H groups in total. The largest absolute Gasteiger partial charge is 0.330 e. The first-order valence-corrected chi connectivity index (χ1v) is 4.65. The van der Waals surface area contributed by atoms with E-state index in [1.54, 1.807) is 13.0 Å². The van der Waals surface area contributed by atoms with Crippen molar-refractivity contribution >= 4 is 5.69 Å². The van der Waals surface area contributed by atoms with E-state index in [4.69, 9.17) is 5.73 Å². The molecule has 82 valence electrons. The van der Waals surface area contributed by atoms with Crippen LogP contribution < -0.4 is 5.73 Å². The van der Waals surface area contributed by atoms with E-state index in [0.29, 0.717) is 0 Å². The van der Waals surface area contributed by atoms with E-state index in [9.17, 15) is 14.5 Å². The van der Waals surface area contributed by atoms with Crippen LogP contribution in [0.25, 0.3) is 0 Å². The molecule has 1 unspecified atom stereocenters. The summed E-state index contributed by atoms with van der Waals surface area (Å²) in [5, 5.41) is 10.6. The maximum absolute atomic E-state index is 13.6. The summed E-state index contributed by atoms with van der Waals surface area (Å²) >= 11 is 0. The molecule has 15 heavy (non-hydrogen) atoms. The first-order chi connectivity index (χ1) is 7.06. The van der Waals surface area contributed by atoms with Crippen molar-refractivity contribution in [2.45, 2.75) is 19.5 Å². The van der Waals surface area contributed by atoms with E-state index in [1.165, 1.54) is 12.1 Å². The van der Waals surface area contributed by atoms with Crippen molar-refractivity contribution in [3.63, 3.8) is 0 Å². The van der Waals surface area contributed by atoms with Gasteiger partial charge in [0.25, 0.3) is 5.69 Å². The number of halogens is 1. The molecule has 0 heterocycles. The van der Waals surface area contributed by atoms with Gasteiger partial charge in [-0.25, -0.2) is 4.39 Å². The van der Waals surface area contributed by atoms with Crippen molar-refractivity contribution < 1.29 is 9.31 Å². The zero-order chi connectivity index (χ0) is 11.4. The van der Waals surface area contributed by atoms with Crippen LogP contribution in [-0.4, -0.2) is 11.5 Å². The fourth-order valence-corrected chi connectivity index (χ4v) is 1.39. The minimum Gasteiger partial charge on any atom is -0.330 e. The van der Waals surface area contributed by atoms with E-state index < -0.39 is 11.1 Å². The minimum absolute atomic E-state index is 0.101. The second-order valence-electron chi connectivity index (χ2n) is 3.36. The summed E-state index contributed by atoms with van der Waals surface area (Å²) in [6, 6.07) is 4.42. The van der Waals surface area contributed by atoms with Crippen LogP contribution in [-0.2, 0) is 0 Å². The molecule has 0 spiro atoms. The molecule has 0 aliphatic rings. The zero-order valence-electron chi connectivity index (χ0n) is 8.44. The highest BCUT2D eigenvalue weighted by Crippen LogP contribution is 2.30. The van der Waals surface area contributed by atoms with Gasteiger partial charge in [0.1, 0.15) is 6.17 Å². The van der Waals surface area contributed by atoms with Crippen LogP contribution >= 0.6 is 0 Å². The van der Waals surface area contributed by atoms with E-state index in [1.807, 2.05) is 0 Å². The summed E-state index contributed by atoms with van der Waals surface area (Å²) < 4.78 is 13.6. The van der Waals surface area contributed by atoms with Gasteiger partial charge in [-0.2, -0.15) is 0 Å². The molecule has 0 saturated heterocycles. The first-order valence-electron chi connectivity index (χ1n) is 4.65. The van der Waals surface area contributed by atoms with E-state index in [-0.39, 0.29) is 24.2 Å². The molecular formula is C10H13FN2O2. The highest BCUT2D eigenvalue weighted by atomic mass is 19.1. The van der Waals surface area contributed by atoms with Crippen molar-refractivity contribution in [2.24, 2.45) is 5.73 Å². The Bertz CT molecular complexity index is 368. The quantitative estimate of drug-likeness (QED) is 0.614. The topological polar surface area (TPSA) is 69.2 Å². The average Bonchev–Trinajstić information content (AvgIpc) is 2.17. The molecule has 1 aromatic rings. The summed E-state index contributed by atoms with van der Waals surface area (Å²) in [6.07, 6.45) is -1.26. The summed E-state index contributed by atoms with van der Waals surface area (Å²) in [7, 11) is 0. The number of benzene rings is 1. The number of nitro benzene ring substituents is 1. The van der Waals surface area contributed by atoms with Gasteiger partial charge < -0.3 is 5.73 Å². The smallest absolute Gasteiger partial charge is 0.275 e. The number of alkyl halides is 1. The fourth-order valence-electron chi connectivity index (χ4n) is 1.39. The van der Waals surface area contributed by atoms with Crippen LogP contribution in [0.1, 0.15) is 23.7 Å². The Kier molecular flexibility index (Phi) is 3.74. The number of nitrogens with zero attached hydrogens (tertiary/aromatic N) is 1. The Morgan fingerprint density at radius 3 is 2.80 bits per heavy atom. The second-order valence-corrected chi connectivity index (χ2v) is 3.36. The zero-order valence-corrected chi connectivity index (χ0v) is 8.44. The first kappa shape index (κ1) is 11.6. The van der Waals surface area contributed by atoms with E-state index in [0.717, 1.165) is 5.56 Å². The Morgan fingerprint density at radius 2 is 2.27 bits per heavy atom. The molecule has 0 amide bonds. The molecule has 1 rings (SSSR count). The fraction of sp³-hybridized carbons (Fsp3) is 0.400. The normalized spacial score (nSPS) is 12.5. The molecule has 0 radical (unpaired) electrons. The van der Waals surface area contributed by atoms with Gasteiger partial charge >= 0.3 is 0 Å². The molecule has 0 saturated carbocycles. The summed E-state index contributed by atoms with van der Waals surface area (Å²) in [6.45, 7) is 1.94. The molecule has 1 aromatic carbocycles. The number of rotatable bonds is 4. The number of hydrogen-bond acceptors (Lipinski definition) is 3. The molecule has 0 aromatic heterocycles. The molecule has 0 aliphatic heterocycles. The number of hydrogen-bond donors (Lipinski definition) is 1. The Balaban J connectivity index is 3.12. The van der Waals surface area contributed by atoms with Gasteiger partial charge in [0.2, 0.25) is 0 Å². The van der Waals surface area contributed by atoms with Crippen LogP contribution in [0.5, 0.6) is 0 Å². The van der Waals surface area contributed by atoms with Crippen LogP contribution in [0, 0.1) is 17.0 Å². The van der Waals surface area contributed by atoms with Crippen LogP contribution in [0.3, 0.4) is 0 Å². The molecule has 4 nitrogen and oxygen atoms in total. The van der Waals surface area contributed by atoms with E-state index >= 15 is 0 Å². The maximum atomic E-state index is 13.6. The van der Waals surface area contributed by atoms with E-state index in [2.05, 4.69) is 0 Å². The van der Waals surface area contributed by atoms with Crippen LogP contribution in [0.4, 0.5) is 10.1 Å². The van der Waals surface area contributed by atoms with Crippen molar-refractivity contribution in [3.8, 4) is 0 Å². The number of aryl methyl sites for hydroxylation is 1. The molecule has 0 bridgehead atoms. The third-order valence-electron chi connectivity index (χ3n) is 2.14. The lowest BCUT2D eigenvalue weighted by molar-refractivity contribution is -0.386. The van der Waals surface area contributed by atoms with Gasteiger partial charge in [-0.1, -0.05) is 11.6 Å². The third-order valence-corrected chi connectivity index (χ3v) is 2.14. The molecule has 0 aliphatic carbocycles. The summed E-state index contributed by atoms with van der Waals surface area (Å²) in [5.74, 6) is 0. The molecular weight excluding hydrogens is 199 g/mol. The maximum Gasteiger partial charge on any atom is 0.275 e. The molecule has 1 atom stereocenters. The Labute approximate surface area is 87.0 Å². The standard InChI is InChI=1S/C10H13FN2O2/c1-7-2-3-10(13(14)15)8(6-7)9(11)4-5-12/h2-3,6,9H,4-5,12H2,1H3. The van der Waals surface area contributed by atoms with Gasteiger partial charge in [-0.05, 0) is 26.0 Å². The van der Waals surface area contributed by atoms with Crippen molar-refractivity contribution in [3.05, 3.63) is 39.4 Å². The SMILES string of the molecule is Cc1ccc([N+](=O)[O-])c(C(F)CCN)c1. The second kappa shape index (κ2) is 4.84. The highest BCUT2D eigenvalue weighted by molar-refractivity contribution is 5.44.